The summed E-state index contributed by atoms with van der Waals surface area (Å²) in [5, 5.41) is 0. The highest BCUT2D eigenvalue weighted by atomic mass is 15.1. The van der Waals surface area contributed by atoms with Crippen LogP contribution in [0.25, 0.3) is 0 Å². The lowest BCUT2D eigenvalue weighted by atomic mass is 10.1. The minimum absolute atomic E-state index is 0.861. The summed E-state index contributed by atoms with van der Waals surface area (Å²) in [4.78, 5) is 2.17. The van der Waals surface area contributed by atoms with E-state index in [9.17, 15) is 0 Å². The number of para-hydroxylation sites is 1. The van der Waals surface area contributed by atoms with Crippen LogP contribution in [0.15, 0.2) is 54.6 Å². The molecular formula is C16H15N. The monoisotopic (exact) mass is 221 g/mol. The average Bonchev–Trinajstić information content (AvgIpc) is 2.40. The Kier molecular flexibility index (Phi) is 3.47. The van der Waals surface area contributed by atoms with Crippen LogP contribution in [0.5, 0.6) is 0 Å². The Morgan fingerprint density at radius 3 is 2.35 bits per heavy atom. The van der Waals surface area contributed by atoms with Crippen molar-refractivity contribution in [2.24, 2.45) is 0 Å². The Bertz CT molecular complexity index is 523. The van der Waals surface area contributed by atoms with E-state index in [0.29, 0.717) is 0 Å². The molecule has 0 amide bonds. The minimum atomic E-state index is 0.861. The molecule has 0 heterocycles. The summed E-state index contributed by atoms with van der Waals surface area (Å²) < 4.78 is 0. The molecule has 0 aliphatic heterocycles. The highest BCUT2D eigenvalue weighted by Crippen LogP contribution is 2.19. The Hall–Kier alpha value is -2.20. The number of terminal acetylenes is 1. The highest BCUT2D eigenvalue weighted by Gasteiger charge is 2.05. The second-order valence-corrected chi connectivity index (χ2v) is 4.00. The molecule has 0 aliphatic carbocycles. The van der Waals surface area contributed by atoms with Gasteiger partial charge >= 0.3 is 0 Å². The van der Waals surface area contributed by atoms with E-state index in [1.807, 2.05) is 24.3 Å². The lowest BCUT2D eigenvalue weighted by Gasteiger charge is -2.20. The first-order valence-electron chi connectivity index (χ1n) is 5.62. The van der Waals surface area contributed by atoms with Gasteiger partial charge in [0, 0.05) is 19.2 Å². The van der Waals surface area contributed by atoms with Gasteiger partial charge in [0.2, 0.25) is 0 Å². The van der Waals surface area contributed by atoms with Crippen LogP contribution >= 0.6 is 0 Å². The molecule has 0 aliphatic rings. The van der Waals surface area contributed by atoms with Crippen molar-refractivity contribution in [1.29, 1.82) is 0 Å². The molecule has 0 unspecified atom stereocenters. The van der Waals surface area contributed by atoms with E-state index >= 15 is 0 Å². The van der Waals surface area contributed by atoms with Gasteiger partial charge in [-0.3, -0.25) is 0 Å². The molecule has 1 nitrogen and oxygen atoms in total. The van der Waals surface area contributed by atoms with E-state index in [-0.39, 0.29) is 0 Å². The van der Waals surface area contributed by atoms with Crippen molar-refractivity contribution in [2.75, 3.05) is 11.9 Å². The van der Waals surface area contributed by atoms with Crippen molar-refractivity contribution in [3.63, 3.8) is 0 Å². The van der Waals surface area contributed by atoms with Crippen molar-refractivity contribution in [3.8, 4) is 12.3 Å². The summed E-state index contributed by atoms with van der Waals surface area (Å²) in [5.74, 6) is 2.72. The molecule has 2 rings (SSSR count). The number of benzene rings is 2. The van der Waals surface area contributed by atoms with Crippen molar-refractivity contribution < 1.29 is 0 Å². The molecule has 2 aromatic rings. The van der Waals surface area contributed by atoms with Crippen LogP contribution in [0, 0.1) is 12.3 Å². The summed E-state index contributed by atoms with van der Waals surface area (Å²) in [7, 11) is 2.06. The van der Waals surface area contributed by atoms with Gasteiger partial charge in [0.15, 0.2) is 0 Å². The van der Waals surface area contributed by atoms with Gasteiger partial charge in [-0.25, -0.2) is 0 Å². The van der Waals surface area contributed by atoms with Crippen molar-refractivity contribution in [2.45, 2.75) is 6.54 Å². The topological polar surface area (TPSA) is 3.24 Å². The molecule has 0 aromatic heterocycles. The molecule has 2 aromatic carbocycles. The fourth-order valence-corrected chi connectivity index (χ4v) is 1.87. The molecule has 84 valence electrons. The molecule has 0 N–H and O–H groups in total. The van der Waals surface area contributed by atoms with E-state index in [4.69, 9.17) is 6.42 Å². The third kappa shape index (κ3) is 2.68. The van der Waals surface area contributed by atoms with Gasteiger partial charge in [-0.2, -0.15) is 0 Å². The fourth-order valence-electron chi connectivity index (χ4n) is 1.87. The zero-order valence-electron chi connectivity index (χ0n) is 9.93. The normalized spacial score (nSPS) is 9.65. The van der Waals surface area contributed by atoms with E-state index < -0.39 is 0 Å². The third-order valence-corrected chi connectivity index (χ3v) is 2.73. The predicted octanol–water partition coefficient (Wildman–Crippen LogP) is 3.30. The van der Waals surface area contributed by atoms with Crippen molar-refractivity contribution in [3.05, 3.63) is 65.7 Å². The van der Waals surface area contributed by atoms with E-state index in [0.717, 1.165) is 17.8 Å². The summed E-state index contributed by atoms with van der Waals surface area (Å²) in [6, 6.07) is 18.4. The van der Waals surface area contributed by atoms with Crippen LogP contribution < -0.4 is 4.90 Å². The molecule has 0 saturated carbocycles. The van der Waals surface area contributed by atoms with E-state index in [1.165, 1.54) is 5.56 Å². The van der Waals surface area contributed by atoms with Crippen LogP contribution in [-0.2, 0) is 6.54 Å². The predicted molar refractivity (Wildman–Crippen MR) is 72.9 cm³/mol. The second-order valence-electron chi connectivity index (χ2n) is 4.00. The molecular weight excluding hydrogens is 206 g/mol. The van der Waals surface area contributed by atoms with Gasteiger partial charge < -0.3 is 4.90 Å². The Morgan fingerprint density at radius 1 is 1.00 bits per heavy atom. The Morgan fingerprint density at radius 2 is 1.65 bits per heavy atom. The number of rotatable bonds is 3. The summed E-state index contributed by atoms with van der Waals surface area (Å²) in [6.07, 6.45) is 5.51. The van der Waals surface area contributed by atoms with Gasteiger partial charge in [-0.1, -0.05) is 48.4 Å². The van der Waals surface area contributed by atoms with Gasteiger partial charge in [0.1, 0.15) is 0 Å². The average molecular weight is 221 g/mol. The van der Waals surface area contributed by atoms with Gasteiger partial charge in [0.05, 0.1) is 5.69 Å². The standard InChI is InChI=1S/C16H15N/c1-3-15-11-7-8-12-16(15)17(2)13-14-9-5-4-6-10-14/h1,4-12H,13H2,2H3. The van der Waals surface area contributed by atoms with E-state index in [2.05, 4.69) is 48.2 Å². The zero-order chi connectivity index (χ0) is 12.1. The minimum Gasteiger partial charge on any atom is -0.369 e. The van der Waals surface area contributed by atoms with Crippen molar-refractivity contribution in [1.82, 2.24) is 0 Å². The fraction of sp³-hybridized carbons (Fsp3) is 0.125. The Labute approximate surface area is 103 Å². The van der Waals surface area contributed by atoms with Gasteiger partial charge in [-0.05, 0) is 17.7 Å². The van der Waals surface area contributed by atoms with Gasteiger partial charge in [0.25, 0.3) is 0 Å². The van der Waals surface area contributed by atoms with Crippen LogP contribution in [-0.4, -0.2) is 7.05 Å². The first-order chi connectivity index (χ1) is 8.31. The molecule has 0 fully saturated rings. The molecule has 0 saturated heterocycles. The maximum atomic E-state index is 5.51. The number of nitrogens with zero attached hydrogens (tertiary/aromatic N) is 1. The van der Waals surface area contributed by atoms with Crippen LogP contribution in [0.1, 0.15) is 11.1 Å². The first kappa shape index (κ1) is 11.3. The molecule has 0 bridgehead atoms. The third-order valence-electron chi connectivity index (χ3n) is 2.73. The second kappa shape index (κ2) is 5.23. The summed E-state index contributed by atoms with van der Waals surface area (Å²) in [6.45, 7) is 0.861. The largest absolute Gasteiger partial charge is 0.369 e. The van der Waals surface area contributed by atoms with Crippen LogP contribution in [0.4, 0.5) is 5.69 Å². The smallest absolute Gasteiger partial charge is 0.0525 e. The number of hydrogen-bond acceptors (Lipinski definition) is 1. The molecule has 0 radical (unpaired) electrons. The first-order valence-corrected chi connectivity index (χ1v) is 5.62. The number of hydrogen-bond donors (Lipinski definition) is 0. The van der Waals surface area contributed by atoms with Crippen molar-refractivity contribution >= 4 is 5.69 Å². The summed E-state index contributed by atoms with van der Waals surface area (Å²) in [5.41, 5.74) is 3.31. The SMILES string of the molecule is C#Cc1ccccc1N(C)Cc1ccccc1. The van der Waals surface area contributed by atoms with Gasteiger partial charge in [-0.15, -0.1) is 6.42 Å². The maximum Gasteiger partial charge on any atom is 0.0525 e. The maximum absolute atomic E-state index is 5.51. The highest BCUT2D eigenvalue weighted by molar-refractivity contribution is 5.59. The van der Waals surface area contributed by atoms with E-state index in [1.54, 1.807) is 0 Å². The summed E-state index contributed by atoms with van der Waals surface area (Å²) >= 11 is 0. The molecule has 17 heavy (non-hydrogen) atoms. The van der Waals surface area contributed by atoms with Crippen LogP contribution in [0.3, 0.4) is 0 Å². The molecule has 0 spiro atoms. The quantitative estimate of drug-likeness (QED) is 0.719. The lowest BCUT2D eigenvalue weighted by Crippen LogP contribution is -2.17. The zero-order valence-corrected chi connectivity index (χ0v) is 9.93. The molecule has 0 atom stereocenters. The Balaban J connectivity index is 2.21. The van der Waals surface area contributed by atoms with Crippen LogP contribution in [0.2, 0.25) is 0 Å². The number of anilines is 1. The lowest BCUT2D eigenvalue weighted by molar-refractivity contribution is 0.921. The molecule has 1 heteroatoms.